The molecule has 0 aliphatic carbocycles. The van der Waals surface area contributed by atoms with Crippen LogP contribution < -0.4 is 5.73 Å². The molecule has 1 amide bonds. The number of piperidine rings is 2. The van der Waals surface area contributed by atoms with Crippen molar-refractivity contribution in [3.63, 3.8) is 0 Å². The Balaban J connectivity index is 0.00000243. The van der Waals surface area contributed by atoms with E-state index in [-0.39, 0.29) is 36.8 Å². The maximum absolute atomic E-state index is 13.0. The van der Waals surface area contributed by atoms with Crippen LogP contribution in [0.1, 0.15) is 37.0 Å². The molecule has 1 aromatic rings. The Morgan fingerprint density at radius 3 is 2.65 bits per heavy atom. The van der Waals surface area contributed by atoms with Crippen molar-refractivity contribution in [2.45, 2.75) is 49.3 Å². The van der Waals surface area contributed by atoms with Gasteiger partial charge in [0.1, 0.15) is 4.21 Å². The first-order valence-electron chi connectivity index (χ1n) is 9.00. The standard InChI is InChI=1S/C17H27N3O3S2.ClH/c1-13-7-8-16(24-13)25(22,23)19-9-4-5-14(12-19)17(21)20-10-3-2-6-15(20)11-18;/h7-8,14-15H,2-6,9-12,18H2,1H3;1H. The third-order valence-corrected chi connectivity index (χ3v) is 8.56. The van der Waals surface area contributed by atoms with Crippen molar-refractivity contribution in [1.29, 1.82) is 0 Å². The molecule has 2 aliphatic heterocycles. The predicted molar refractivity (Wildman–Crippen MR) is 106 cm³/mol. The number of nitrogens with two attached hydrogens (primary N) is 1. The van der Waals surface area contributed by atoms with Gasteiger partial charge in [0.05, 0.1) is 5.92 Å². The van der Waals surface area contributed by atoms with E-state index in [0.717, 1.165) is 43.5 Å². The van der Waals surface area contributed by atoms with Gasteiger partial charge in [-0.3, -0.25) is 4.79 Å². The van der Waals surface area contributed by atoms with Crippen molar-refractivity contribution in [2.24, 2.45) is 11.7 Å². The number of carbonyl (C=O) groups is 1. The molecule has 3 heterocycles. The molecule has 2 unspecified atom stereocenters. The fourth-order valence-corrected chi connectivity index (χ4v) is 6.77. The summed E-state index contributed by atoms with van der Waals surface area (Å²) in [6, 6.07) is 3.59. The lowest BCUT2D eigenvalue weighted by atomic mass is 9.94. The van der Waals surface area contributed by atoms with Crippen LogP contribution in [0.2, 0.25) is 0 Å². The van der Waals surface area contributed by atoms with Crippen molar-refractivity contribution in [2.75, 3.05) is 26.2 Å². The number of hydrogen-bond acceptors (Lipinski definition) is 5. The second kappa shape index (κ2) is 9.01. The van der Waals surface area contributed by atoms with Crippen molar-refractivity contribution in [3.05, 3.63) is 17.0 Å². The summed E-state index contributed by atoms with van der Waals surface area (Å²) < 4.78 is 27.6. The number of sulfonamides is 1. The zero-order chi connectivity index (χ0) is 18.0. The molecule has 1 aromatic heterocycles. The number of carbonyl (C=O) groups excluding carboxylic acids is 1. The van der Waals surface area contributed by atoms with E-state index in [4.69, 9.17) is 5.73 Å². The molecule has 0 spiro atoms. The van der Waals surface area contributed by atoms with E-state index in [2.05, 4.69) is 0 Å². The van der Waals surface area contributed by atoms with Crippen molar-refractivity contribution >= 4 is 39.7 Å². The molecule has 0 radical (unpaired) electrons. The first-order chi connectivity index (χ1) is 11.9. The van der Waals surface area contributed by atoms with Gasteiger partial charge < -0.3 is 10.6 Å². The van der Waals surface area contributed by atoms with E-state index < -0.39 is 10.0 Å². The second-order valence-corrected chi connectivity index (χ2v) is 10.4. The summed E-state index contributed by atoms with van der Waals surface area (Å²) in [5.41, 5.74) is 5.84. The Labute approximate surface area is 166 Å². The third kappa shape index (κ3) is 4.42. The summed E-state index contributed by atoms with van der Waals surface area (Å²) in [6.07, 6.45) is 4.54. The normalized spacial score (nSPS) is 24.9. The Bertz CT molecular complexity index is 723. The van der Waals surface area contributed by atoms with Crippen LogP contribution in [0.3, 0.4) is 0 Å². The number of amides is 1. The number of likely N-dealkylation sites (tertiary alicyclic amines) is 1. The number of thiophene rings is 1. The van der Waals surface area contributed by atoms with E-state index in [0.29, 0.717) is 17.3 Å². The van der Waals surface area contributed by atoms with Crippen LogP contribution in [0.25, 0.3) is 0 Å². The predicted octanol–water partition coefficient (Wildman–Crippen LogP) is 2.22. The lowest BCUT2D eigenvalue weighted by Crippen LogP contribution is -2.52. The first-order valence-corrected chi connectivity index (χ1v) is 11.3. The molecular weight excluding hydrogens is 394 g/mol. The summed E-state index contributed by atoms with van der Waals surface area (Å²) in [5, 5.41) is 0. The molecule has 9 heteroatoms. The molecular formula is C17H28ClN3O3S2. The Hall–Kier alpha value is -0.670. The molecule has 0 aromatic carbocycles. The third-order valence-electron chi connectivity index (χ3n) is 5.23. The number of rotatable bonds is 4. The molecule has 26 heavy (non-hydrogen) atoms. The summed E-state index contributed by atoms with van der Waals surface area (Å²) in [7, 11) is -3.50. The van der Waals surface area contributed by atoms with Crippen LogP contribution in [0, 0.1) is 12.8 Å². The lowest BCUT2D eigenvalue weighted by molar-refractivity contribution is -0.140. The van der Waals surface area contributed by atoms with Crippen molar-refractivity contribution in [3.8, 4) is 0 Å². The molecule has 2 atom stereocenters. The number of aryl methyl sites for hydroxylation is 1. The van der Waals surface area contributed by atoms with Crippen LogP contribution >= 0.6 is 23.7 Å². The average Bonchev–Trinajstić information content (AvgIpc) is 3.08. The molecule has 0 saturated carbocycles. The summed E-state index contributed by atoms with van der Waals surface area (Å²) >= 11 is 1.29. The van der Waals surface area contributed by atoms with Gasteiger partial charge in [0, 0.05) is 37.1 Å². The first kappa shape index (κ1) is 21.6. The highest BCUT2D eigenvalue weighted by molar-refractivity contribution is 7.91. The van der Waals surface area contributed by atoms with E-state index in [1.54, 1.807) is 6.07 Å². The largest absolute Gasteiger partial charge is 0.338 e. The zero-order valence-electron chi connectivity index (χ0n) is 15.1. The maximum atomic E-state index is 13.0. The van der Waals surface area contributed by atoms with Gasteiger partial charge in [-0.2, -0.15) is 4.31 Å². The zero-order valence-corrected chi connectivity index (χ0v) is 17.5. The molecule has 2 aliphatic rings. The fourth-order valence-electron chi connectivity index (χ4n) is 3.81. The second-order valence-electron chi connectivity index (χ2n) is 6.98. The van der Waals surface area contributed by atoms with E-state index in [9.17, 15) is 13.2 Å². The Morgan fingerprint density at radius 1 is 1.23 bits per heavy atom. The Kier molecular flexibility index (Phi) is 7.50. The molecule has 3 rings (SSSR count). The highest BCUT2D eigenvalue weighted by atomic mass is 35.5. The quantitative estimate of drug-likeness (QED) is 0.807. The lowest BCUT2D eigenvalue weighted by Gasteiger charge is -2.39. The smallest absolute Gasteiger partial charge is 0.252 e. The van der Waals surface area contributed by atoms with Crippen LogP contribution in [-0.4, -0.2) is 55.8 Å². The minimum absolute atomic E-state index is 0. The molecule has 148 valence electrons. The maximum Gasteiger partial charge on any atom is 0.252 e. The van der Waals surface area contributed by atoms with Gasteiger partial charge in [0.2, 0.25) is 5.91 Å². The van der Waals surface area contributed by atoms with Crippen molar-refractivity contribution < 1.29 is 13.2 Å². The van der Waals surface area contributed by atoms with Gasteiger partial charge in [-0.1, -0.05) is 0 Å². The van der Waals surface area contributed by atoms with Gasteiger partial charge >= 0.3 is 0 Å². The number of hydrogen-bond donors (Lipinski definition) is 1. The summed E-state index contributed by atoms with van der Waals surface area (Å²) in [5.74, 6) is -0.172. The van der Waals surface area contributed by atoms with Gasteiger partial charge in [0.15, 0.2) is 0 Å². The highest BCUT2D eigenvalue weighted by Crippen LogP contribution is 2.30. The van der Waals surface area contributed by atoms with Crippen molar-refractivity contribution in [1.82, 2.24) is 9.21 Å². The van der Waals surface area contributed by atoms with Crippen LogP contribution in [-0.2, 0) is 14.8 Å². The molecule has 2 saturated heterocycles. The van der Waals surface area contributed by atoms with Crippen LogP contribution in [0.4, 0.5) is 0 Å². The number of nitrogens with zero attached hydrogens (tertiary/aromatic N) is 2. The van der Waals surface area contributed by atoms with Gasteiger partial charge in [-0.15, -0.1) is 23.7 Å². The SMILES string of the molecule is Cc1ccc(S(=O)(=O)N2CCCC(C(=O)N3CCCCC3CN)C2)s1.Cl. The minimum atomic E-state index is -3.50. The molecule has 2 fully saturated rings. The summed E-state index contributed by atoms with van der Waals surface area (Å²) in [4.78, 5) is 15.9. The highest BCUT2D eigenvalue weighted by Gasteiger charge is 2.37. The van der Waals surface area contributed by atoms with E-state index in [1.807, 2.05) is 17.9 Å². The monoisotopic (exact) mass is 421 g/mol. The molecule has 0 bridgehead atoms. The van der Waals surface area contributed by atoms with Gasteiger partial charge in [0.25, 0.3) is 10.0 Å². The van der Waals surface area contributed by atoms with Gasteiger partial charge in [-0.05, 0) is 51.2 Å². The topological polar surface area (TPSA) is 83.7 Å². The van der Waals surface area contributed by atoms with Gasteiger partial charge in [-0.25, -0.2) is 8.42 Å². The fraction of sp³-hybridized carbons (Fsp3) is 0.706. The van der Waals surface area contributed by atoms with Crippen LogP contribution in [0.15, 0.2) is 16.3 Å². The van der Waals surface area contributed by atoms with E-state index in [1.165, 1.54) is 15.6 Å². The molecule has 6 nitrogen and oxygen atoms in total. The minimum Gasteiger partial charge on any atom is -0.338 e. The van der Waals surface area contributed by atoms with Crippen LogP contribution in [0.5, 0.6) is 0 Å². The Morgan fingerprint density at radius 2 is 2.00 bits per heavy atom. The number of halogens is 1. The molecule has 2 N–H and O–H groups in total. The van der Waals surface area contributed by atoms with E-state index >= 15 is 0 Å². The average molecular weight is 422 g/mol. The summed E-state index contributed by atoms with van der Waals surface area (Å²) in [6.45, 7) is 3.90.